The van der Waals surface area contributed by atoms with Crippen LogP contribution in [0.3, 0.4) is 0 Å². The molecule has 0 atom stereocenters. The van der Waals surface area contributed by atoms with Crippen LogP contribution >= 0.6 is 12.2 Å². The van der Waals surface area contributed by atoms with Crippen molar-refractivity contribution in [3.8, 4) is 5.75 Å². The van der Waals surface area contributed by atoms with Gasteiger partial charge in [-0.05, 0) is 68.2 Å². The Balaban J connectivity index is 1.57. The number of amides is 2. The molecule has 2 aromatic carbocycles. The molecule has 0 heterocycles. The van der Waals surface area contributed by atoms with E-state index in [-0.39, 0.29) is 22.8 Å². The second-order valence-corrected chi connectivity index (χ2v) is 8.52. The molecule has 1 aliphatic carbocycles. The Kier molecular flexibility index (Phi) is 8.62. The van der Waals surface area contributed by atoms with E-state index in [9.17, 15) is 9.59 Å². The molecular formula is C25H31N3O3S. The van der Waals surface area contributed by atoms with Crippen molar-refractivity contribution in [2.24, 2.45) is 5.92 Å². The van der Waals surface area contributed by atoms with Gasteiger partial charge in [0.2, 0.25) is 5.91 Å². The van der Waals surface area contributed by atoms with E-state index >= 15 is 0 Å². The summed E-state index contributed by atoms with van der Waals surface area (Å²) in [5.74, 6) is 0.387. The van der Waals surface area contributed by atoms with Gasteiger partial charge in [-0.2, -0.15) is 0 Å². The number of benzene rings is 2. The number of hydrogen-bond acceptors (Lipinski definition) is 4. The minimum absolute atomic E-state index is 0.0485. The second kappa shape index (κ2) is 11.6. The molecule has 2 amide bonds. The lowest BCUT2D eigenvalue weighted by Gasteiger charge is -2.14. The van der Waals surface area contributed by atoms with Crippen molar-refractivity contribution in [3.05, 3.63) is 53.6 Å². The van der Waals surface area contributed by atoms with E-state index < -0.39 is 0 Å². The summed E-state index contributed by atoms with van der Waals surface area (Å²) in [5, 5.41) is 8.88. The zero-order chi connectivity index (χ0) is 22.9. The molecular weight excluding hydrogens is 422 g/mol. The molecule has 6 nitrogen and oxygen atoms in total. The van der Waals surface area contributed by atoms with Gasteiger partial charge in [0, 0.05) is 17.3 Å². The predicted octanol–water partition coefficient (Wildman–Crippen LogP) is 5.43. The number of nitrogens with one attached hydrogen (secondary N) is 3. The third-order valence-electron chi connectivity index (χ3n) is 5.32. The van der Waals surface area contributed by atoms with Gasteiger partial charge in [0.1, 0.15) is 5.75 Å². The number of aryl methyl sites for hydroxylation is 1. The van der Waals surface area contributed by atoms with Crippen LogP contribution in [0.1, 0.15) is 61.4 Å². The van der Waals surface area contributed by atoms with Crippen LogP contribution in [0.2, 0.25) is 0 Å². The molecule has 170 valence electrons. The summed E-state index contributed by atoms with van der Waals surface area (Å²) in [6.07, 6.45) is 6.30. The average Bonchev–Trinajstić information content (AvgIpc) is 3.62. The summed E-state index contributed by atoms with van der Waals surface area (Å²) < 4.78 is 5.83. The maximum Gasteiger partial charge on any atom is 0.261 e. The number of para-hydroxylation sites is 1. The van der Waals surface area contributed by atoms with E-state index in [4.69, 9.17) is 17.0 Å². The lowest BCUT2D eigenvalue weighted by Crippen LogP contribution is -2.34. The summed E-state index contributed by atoms with van der Waals surface area (Å²) in [7, 11) is 0. The Bertz CT molecular complexity index is 973. The molecule has 1 aliphatic rings. The molecule has 3 rings (SSSR count). The average molecular weight is 454 g/mol. The number of rotatable bonds is 10. The summed E-state index contributed by atoms with van der Waals surface area (Å²) >= 11 is 5.34. The number of hydrogen-bond donors (Lipinski definition) is 3. The van der Waals surface area contributed by atoms with Crippen LogP contribution < -0.4 is 20.7 Å². The van der Waals surface area contributed by atoms with Gasteiger partial charge in [-0.3, -0.25) is 14.9 Å². The Morgan fingerprint density at radius 3 is 2.59 bits per heavy atom. The first-order chi connectivity index (χ1) is 15.5. The van der Waals surface area contributed by atoms with E-state index in [2.05, 4.69) is 22.9 Å². The van der Waals surface area contributed by atoms with Gasteiger partial charge >= 0.3 is 0 Å². The van der Waals surface area contributed by atoms with Gasteiger partial charge in [-0.25, -0.2) is 0 Å². The van der Waals surface area contributed by atoms with Crippen molar-refractivity contribution < 1.29 is 14.3 Å². The highest BCUT2D eigenvalue weighted by Crippen LogP contribution is 2.31. The molecule has 32 heavy (non-hydrogen) atoms. The SMILES string of the molecule is CCCCCCOc1ccccc1C(=O)NC(=S)Nc1ccc(C)c(NC(=O)C2CC2)c1. The maximum absolute atomic E-state index is 12.8. The zero-order valence-electron chi connectivity index (χ0n) is 18.7. The van der Waals surface area contributed by atoms with E-state index in [1.54, 1.807) is 18.2 Å². The van der Waals surface area contributed by atoms with Crippen molar-refractivity contribution in [1.82, 2.24) is 5.32 Å². The second-order valence-electron chi connectivity index (χ2n) is 8.11. The van der Waals surface area contributed by atoms with Gasteiger partial charge < -0.3 is 15.4 Å². The van der Waals surface area contributed by atoms with Gasteiger partial charge in [-0.1, -0.05) is 44.4 Å². The smallest absolute Gasteiger partial charge is 0.261 e. The number of unbranched alkanes of at least 4 members (excludes halogenated alkanes) is 3. The van der Waals surface area contributed by atoms with Crippen molar-refractivity contribution in [2.45, 2.75) is 52.4 Å². The van der Waals surface area contributed by atoms with Crippen LogP contribution in [-0.2, 0) is 4.79 Å². The maximum atomic E-state index is 12.8. The summed E-state index contributed by atoms with van der Waals surface area (Å²) in [6.45, 7) is 4.68. The molecule has 0 radical (unpaired) electrons. The van der Waals surface area contributed by atoms with E-state index in [1.807, 2.05) is 31.2 Å². The molecule has 3 N–H and O–H groups in total. The fourth-order valence-electron chi connectivity index (χ4n) is 3.24. The van der Waals surface area contributed by atoms with Crippen molar-refractivity contribution in [2.75, 3.05) is 17.2 Å². The first-order valence-corrected chi connectivity index (χ1v) is 11.6. The van der Waals surface area contributed by atoms with Gasteiger partial charge in [0.05, 0.1) is 12.2 Å². The Morgan fingerprint density at radius 1 is 1.06 bits per heavy atom. The van der Waals surface area contributed by atoms with E-state index in [1.165, 1.54) is 12.8 Å². The third kappa shape index (κ3) is 7.05. The highest BCUT2D eigenvalue weighted by Gasteiger charge is 2.29. The standard InChI is InChI=1S/C25H31N3O3S/c1-3-4-5-8-15-31-22-10-7-6-9-20(22)24(30)28-25(32)26-19-14-11-17(2)21(16-19)27-23(29)18-12-13-18/h6-7,9-11,14,16,18H,3-5,8,12-13,15H2,1-2H3,(H,27,29)(H2,26,28,30,32). The monoisotopic (exact) mass is 453 g/mol. The van der Waals surface area contributed by atoms with E-state index in [0.29, 0.717) is 23.6 Å². The fraction of sp³-hybridized carbons (Fsp3) is 0.400. The van der Waals surface area contributed by atoms with Crippen LogP contribution in [0.15, 0.2) is 42.5 Å². The summed E-state index contributed by atoms with van der Waals surface area (Å²) in [4.78, 5) is 24.9. The van der Waals surface area contributed by atoms with Crippen LogP contribution in [0.25, 0.3) is 0 Å². The molecule has 1 saturated carbocycles. The largest absolute Gasteiger partial charge is 0.493 e. The molecule has 0 saturated heterocycles. The lowest BCUT2D eigenvalue weighted by molar-refractivity contribution is -0.117. The van der Waals surface area contributed by atoms with Gasteiger partial charge in [-0.15, -0.1) is 0 Å². The minimum atomic E-state index is -0.332. The highest BCUT2D eigenvalue weighted by molar-refractivity contribution is 7.80. The minimum Gasteiger partial charge on any atom is -0.493 e. The first kappa shape index (κ1) is 23.7. The van der Waals surface area contributed by atoms with Crippen LogP contribution in [0, 0.1) is 12.8 Å². The zero-order valence-corrected chi connectivity index (χ0v) is 19.5. The van der Waals surface area contributed by atoms with Gasteiger partial charge in [0.25, 0.3) is 5.91 Å². The highest BCUT2D eigenvalue weighted by atomic mass is 32.1. The number of carbonyl (C=O) groups is 2. The molecule has 0 unspecified atom stereocenters. The van der Waals surface area contributed by atoms with Crippen molar-refractivity contribution >= 4 is 40.5 Å². The lowest BCUT2D eigenvalue weighted by atomic mass is 10.1. The van der Waals surface area contributed by atoms with Crippen LogP contribution in [0.4, 0.5) is 11.4 Å². The predicted molar refractivity (Wildman–Crippen MR) is 132 cm³/mol. The molecule has 0 bridgehead atoms. The quantitative estimate of drug-likeness (QED) is 0.330. The van der Waals surface area contributed by atoms with E-state index in [0.717, 1.165) is 36.9 Å². The number of ether oxygens (including phenoxy) is 1. The molecule has 0 spiro atoms. The van der Waals surface area contributed by atoms with Crippen molar-refractivity contribution in [1.29, 1.82) is 0 Å². The number of anilines is 2. The molecule has 0 aliphatic heterocycles. The first-order valence-electron chi connectivity index (χ1n) is 11.2. The molecule has 2 aromatic rings. The van der Waals surface area contributed by atoms with Gasteiger partial charge in [0.15, 0.2) is 5.11 Å². The summed E-state index contributed by atoms with van der Waals surface area (Å²) in [5.41, 5.74) is 2.83. The molecule has 1 fully saturated rings. The Morgan fingerprint density at radius 2 is 1.84 bits per heavy atom. The molecule has 7 heteroatoms. The third-order valence-corrected chi connectivity index (χ3v) is 5.52. The van der Waals surface area contributed by atoms with Crippen LogP contribution in [0.5, 0.6) is 5.75 Å². The number of carbonyl (C=O) groups excluding carboxylic acids is 2. The van der Waals surface area contributed by atoms with Crippen LogP contribution in [-0.4, -0.2) is 23.5 Å². The topological polar surface area (TPSA) is 79.5 Å². The Hall–Kier alpha value is -2.93. The molecule has 0 aromatic heterocycles. The van der Waals surface area contributed by atoms with Crippen molar-refractivity contribution in [3.63, 3.8) is 0 Å². The Labute approximate surface area is 195 Å². The summed E-state index contributed by atoms with van der Waals surface area (Å²) in [6, 6.07) is 12.7. The normalized spacial score (nSPS) is 12.7. The fourth-order valence-corrected chi connectivity index (χ4v) is 3.45. The number of thiocarbonyl (C=S) groups is 1.